The molecule has 1 atom stereocenters. The molecule has 1 unspecified atom stereocenters. The molecule has 0 aliphatic heterocycles. The maximum absolute atomic E-state index is 11.6. The number of hydrogen-bond donors (Lipinski definition) is 1. The van der Waals surface area contributed by atoms with Crippen molar-refractivity contribution in [3.63, 3.8) is 0 Å². The Hall–Kier alpha value is -3.84. The van der Waals surface area contributed by atoms with Gasteiger partial charge in [-0.05, 0) is 54.6 Å². The Morgan fingerprint density at radius 3 is 2.85 bits per heavy atom. The molecule has 4 aromatic rings. The third-order valence-corrected chi connectivity index (χ3v) is 5.72. The van der Waals surface area contributed by atoms with Crippen LogP contribution in [0.4, 0.5) is 0 Å². The Morgan fingerprint density at radius 2 is 2.09 bits per heavy atom. The minimum Gasteiger partial charge on any atom is -0.496 e. The van der Waals surface area contributed by atoms with Gasteiger partial charge in [0.15, 0.2) is 6.10 Å². The third-order valence-electron chi connectivity index (χ3n) is 5.72. The number of rotatable bonds is 11. The van der Waals surface area contributed by atoms with E-state index in [-0.39, 0.29) is 0 Å². The predicted molar refractivity (Wildman–Crippen MR) is 130 cm³/mol. The van der Waals surface area contributed by atoms with Crippen molar-refractivity contribution < 1.29 is 23.8 Å². The number of carboxylic acids is 1. The average Bonchev–Trinajstić information content (AvgIpc) is 3.41. The number of aryl methyl sites for hydroxylation is 1. The second-order valence-electron chi connectivity index (χ2n) is 8.04. The van der Waals surface area contributed by atoms with Crippen LogP contribution in [0.1, 0.15) is 23.4 Å². The van der Waals surface area contributed by atoms with Crippen LogP contribution in [-0.2, 0) is 22.5 Å². The fourth-order valence-electron chi connectivity index (χ4n) is 3.91. The molecule has 34 heavy (non-hydrogen) atoms. The molecular formula is C27H28N2O5. The molecule has 0 saturated heterocycles. The number of fused-ring (bicyclic) bond motifs is 1. The lowest BCUT2D eigenvalue weighted by atomic mass is 10.1. The minimum atomic E-state index is -0.964. The minimum absolute atomic E-state index is 0.304. The topological polar surface area (TPSA) is 86.7 Å². The van der Waals surface area contributed by atoms with E-state index in [1.807, 2.05) is 61.7 Å². The van der Waals surface area contributed by atoms with Gasteiger partial charge in [0.1, 0.15) is 17.2 Å². The molecule has 7 nitrogen and oxygen atoms in total. The molecule has 176 valence electrons. The molecule has 0 fully saturated rings. The van der Waals surface area contributed by atoms with Gasteiger partial charge in [0.05, 0.1) is 25.8 Å². The summed E-state index contributed by atoms with van der Waals surface area (Å²) >= 11 is 0. The van der Waals surface area contributed by atoms with Gasteiger partial charge in [-0.25, -0.2) is 9.78 Å². The quantitative estimate of drug-likeness (QED) is 0.243. The van der Waals surface area contributed by atoms with Crippen molar-refractivity contribution in [2.24, 2.45) is 0 Å². The summed E-state index contributed by atoms with van der Waals surface area (Å²) < 4.78 is 19.0. The number of hydrogen-bond acceptors (Lipinski definition) is 5. The number of aromatic nitrogens is 2. The lowest BCUT2D eigenvalue weighted by molar-refractivity contribution is -0.150. The van der Waals surface area contributed by atoms with E-state index in [9.17, 15) is 9.90 Å². The highest BCUT2D eigenvalue weighted by molar-refractivity contribution is 5.81. The van der Waals surface area contributed by atoms with E-state index in [4.69, 9.17) is 18.9 Å². The molecule has 2 aromatic carbocycles. The molecule has 1 N–H and O–H groups in total. The molecular weight excluding hydrogens is 432 g/mol. The zero-order valence-corrected chi connectivity index (χ0v) is 19.4. The van der Waals surface area contributed by atoms with E-state index in [1.165, 1.54) is 0 Å². The van der Waals surface area contributed by atoms with Gasteiger partial charge < -0.3 is 23.6 Å². The number of methoxy groups -OCH3 is 1. The van der Waals surface area contributed by atoms with E-state index in [0.29, 0.717) is 37.6 Å². The van der Waals surface area contributed by atoms with Crippen molar-refractivity contribution in [3.05, 3.63) is 84.4 Å². The molecule has 0 aliphatic rings. The Balaban J connectivity index is 1.53. The van der Waals surface area contributed by atoms with Crippen LogP contribution in [0.25, 0.3) is 22.4 Å². The van der Waals surface area contributed by atoms with Crippen molar-refractivity contribution in [2.45, 2.75) is 32.4 Å². The zero-order valence-electron chi connectivity index (χ0n) is 19.4. The van der Waals surface area contributed by atoms with E-state index in [0.717, 1.165) is 33.5 Å². The van der Waals surface area contributed by atoms with E-state index < -0.39 is 12.1 Å². The molecule has 2 aromatic heterocycles. The van der Waals surface area contributed by atoms with Crippen molar-refractivity contribution in [2.75, 3.05) is 13.7 Å². The van der Waals surface area contributed by atoms with Gasteiger partial charge in [-0.3, -0.25) is 0 Å². The van der Waals surface area contributed by atoms with E-state index in [1.54, 1.807) is 13.2 Å². The van der Waals surface area contributed by atoms with Gasteiger partial charge in [-0.2, -0.15) is 0 Å². The first kappa shape index (κ1) is 23.3. The smallest absolute Gasteiger partial charge is 0.333 e. The Morgan fingerprint density at radius 1 is 1.26 bits per heavy atom. The molecule has 0 aliphatic carbocycles. The van der Waals surface area contributed by atoms with Gasteiger partial charge in [0.2, 0.25) is 5.89 Å². The summed E-state index contributed by atoms with van der Waals surface area (Å²) in [5.74, 6) is 1.02. The standard InChI is InChI=1S/C27H28N2O5/c1-4-5-14-33-25(27(30)31)16-19-10-11-23-20(15-19)12-13-29(23)17-22-18(2)34-26(28-22)21-8-6-7-9-24(21)32-3/h4,6-13,15,25H,1,5,14,16-17H2,2-3H3,(H,30,31). The number of nitrogens with zero attached hydrogens (tertiary/aromatic N) is 2. The Kier molecular flexibility index (Phi) is 7.13. The largest absolute Gasteiger partial charge is 0.496 e. The SMILES string of the molecule is C=CCCOC(Cc1ccc2c(ccn2Cc2nc(-c3ccccc3OC)oc2C)c1)C(=O)O. The zero-order chi connectivity index (χ0) is 24.1. The van der Waals surface area contributed by atoms with Gasteiger partial charge in [-0.1, -0.05) is 24.3 Å². The fraction of sp³-hybridized carbons (Fsp3) is 0.259. The normalized spacial score (nSPS) is 12.1. The lowest BCUT2D eigenvalue weighted by Crippen LogP contribution is -2.26. The number of benzene rings is 2. The van der Waals surface area contributed by atoms with Crippen LogP contribution in [0.3, 0.4) is 0 Å². The maximum atomic E-state index is 11.6. The molecule has 2 heterocycles. The number of ether oxygens (including phenoxy) is 2. The third kappa shape index (κ3) is 5.05. The highest BCUT2D eigenvalue weighted by Crippen LogP contribution is 2.31. The lowest BCUT2D eigenvalue weighted by Gasteiger charge is -2.13. The molecule has 0 saturated carbocycles. The first-order chi connectivity index (χ1) is 16.5. The van der Waals surface area contributed by atoms with Crippen molar-refractivity contribution in [1.82, 2.24) is 9.55 Å². The number of aliphatic carboxylic acids is 1. The summed E-state index contributed by atoms with van der Waals surface area (Å²) in [4.78, 5) is 16.3. The van der Waals surface area contributed by atoms with Crippen molar-refractivity contribution in [1.29, 1.82) is 0 Å². The summed E-state index contributed by atoms with van der Waals surface area (Å²) in [6.45, 7) is 6.43. The van der Waals surface area contributed by atoms with Crippen LogP contribution in [0.15, 0.2) is 71.8 Å². The fourth-order valence-corrected chi connectivity index (χ4v) is 3.91. The molecule has 0 bridgehead atoms. The molecule has 0 spiro atoms. The molecule has 0 amide bonds. The number of carboxylic acid groups (broad SMARTS) is 1. The van der Waals surface area contributed by atoms with E-state index >= 15 is 0 Å². The van der Waals surface area contributed by atoms with Crippen LogP contribution >= 0.6 is 0 Å². The summed E-state index contributed by atoms with van der Waals surface area (Å²) in [5, 5.41) is 10.5. The highest BCUT2D eigenvalue weighted by atomic mass is 16.5. The van der Waals surface area contributed by atoms with Gasteiger partial charge in [-0.15, -0.1) is 6.58 Å². The molecule has 0 radical (unpaired) electrons. The summed E-state index contributed by atoms with van der Waals surface area (Å²) in [5.41, 5.74) is 3.59. The van der Waals surface area contributed by atoms with Crippen molar-refractivity contribution >= 4 is 16.9 Å². The first-order valence-electron chi connectivity index (χ1n) is 11.1. The van der Waals surface area contributed by atoms with Gasteiger partial charge >= 0.3 is 5.97 Å². The summed E-state index contributed by atoms with van der Waals surface area (Å²) in [6.07, 6.45) is 3.75. The summed E-state index contributed by atoms with van der Waals surface area (Å²) in [7, 11) is 1.63. The molecule has 7 heteroatoms. The number of carbonyl (C=O) groups is 1. The summed E-state index contributed by atoms with van der Waals surface area (Å²) in [6, 6.07) is 15.6. The van der Waals surface area contributed by atoms with Crippen molar-refractivity contribution in [3.8, 4) is 17.2 Å². The van der Waals surface area contributed by atoms with Crippen LogP contribution in [0, 0.1) is 6.92 Å². The van der Waals surface area contributed by atoms with Crippen LogP contribution in [-0.4, -0.2) is 40.4 Å². The predicted octanol–water partition coefficient (Wildman–Crippen LogP) is 5.25. The second kappa shape index (κ2) is 10.4. The maximum Gasteiger partial charge on any atom is 0.333 e. The van der Waals surface area contributed by atoms with E-state index in [2.05, 4.69) is 11.1 Å². The Labute approximate surface area is 198 Å². The second-order valence-corrected chi connectivity index (χ2v) is 8.04. The monoisotopic (exact) mass is 460 g/mol. The number of oxazole rings is 1. The van der Waals surface area contributed by atoms with Crippen LogP contribution in [0.2, 0.25) is 0 Å². The molecule has 4 rings (SSSR count). The van der Waals surface area contributed by atoms with Crippen LogP contribution in [0.5, 0.6) is 5.75 Å². The van der Waals surface area contributed by atoms with Gasteiger partial charge in [0.25, 0.3) is 0 Å². The average molecular weight is 461 g/mol. The highest BCUT2D eigenvalue weighted by Gasteiger charge is 2.19. The van der Waals surface area contributed by atoms with Crippen LogP contribution < -0.4 is 4.74 Å². The number of para-hydroxylation sites is 1. The van der Waals surface area contributed by atoms with Gasteiger partial charge in [0, 0.05) is 18.1 Å². The first-order valence-corrected chi connectivity index (χ1v) is 11.1. The Bertz CT molecular complexity index is 1300.